The summed E-state index contributed by atoms with van der Waals surface area (Å²) in [6, 6.07) is 0. The van der Waals surface area contributed by atoms with E-state index in [1.54, 1.807) is 13.8 Å². The van der Waals surface area contributed by atoms with E-state index < -0.39 is 5.97 Å². The molecule has 0 radical (unpaired) electrons. The van der Waals surface area contributed by atoms with Crippen LogP contribution in [0.3, 0.4) is 0 Å². The summed E-state index contributed by atoms with van der Waals surface area (Å²) >= 11 is 0. The second-order valence-corrected chi connectivity index (χ2v) is 1.49. The van der Waals surface area contributed by atoms with Gasteiger partial charge in [-0.1, -0.05) is 13.8 Å². The Morgan fingerprint density at radius 3 is 1.71 bits per heavy atom. The van der Waals surface area contributed by atoms with Crippen molar-refractivity contribution < 1.29 is 29.7 Å². The predicted octanol–water partition coefficient (Wildman–Crippen LogP) is 0.724. The van der Waals surface area contributed by atoms with E-state index in [1.807, 2.05) is 0 Å². The predicted molar refractivity (Wildman–Crippen MR) is 22.5 cm³/mol. The van der Waals surface area contributed by atoms with Crippen LogP contribution in [0, 0.1) is 5.92 Å². The number of carboxylic acid groups (broad SMARTS) is 1. The minimum Gasteiger partial charge on any atom is -0.481 e. The van der Waals surface area contributed by atoms with Gasteiger partial charge in [-0.2, -0.15) is 0 Å². The first-order valence-electron chi connectivity index (χ1n) is 1.87. The molecular weight excluding hydrogens is 270 g/mol. The summed E-state index contributed by atoms with van der Waals surface area (Å²) in [5, 5.41) is 7.99. The average Bonchev–Trinajstić information content (AvgIpc) is 1.36. The van der Waals surface area contributed by atoms with Crippen LogP contribution in [0.25, 0.3) is 0 Å². The molecule has 3 heteroatoms. The van der Waals surface area contributed by atoms with Crippen LogP contribution in [0.15, 0.2) is 0 Å². The fourth-order valence-electron chi connectivity index (χ4n) is 0. The molecule has 1 N–H and O–H groups in total. The molecule has 0 spiro atoms. The van der Waals surface area contributed by atoms with Gasteiger partial charge in [0.15, 0.2) is 0 Å². The molecule has 0 unspecified atom stereocenters. The summed E-state index contributed by atoms with van der Waals surface area (Å²) in [7, 11) is 0. The van der Waals surface area contributed by atoms with Gasteiger partial charge in [0.1, 0.15) is 0 Å². The van der Waals surface area contributed by atoms with Crippen LogP contribution in [0.5, 0.6) is 0 Å². The van der Waals surface area contributed by atoms with Crippen molar-refractivity contribution in [3.05, 3.63) is 0 Å². The molecule has 0 amide bonds. The van der Waals surface area contributed by atoms with Gasteiger partial charge in [-0.25, -0.2) is 0 Å². The van der Waals surface area contributed by atoms with E-state index in [4.69, 9.17) is 5.11 Å². The SMILES string of the molecule is CC(C)C(=O)O.[Os]. The molecule has 2 nitrogen and oxygen atoms in total. The molecule has 0 aliphatic carbocycles. The summed E-state index contributed by atoms with van der Waals surface area (Å²) in [4.78, 5) is 9.70. The molecular formula is C4H8O2Os. The first-order chi connectivity index (χ1) is 2.64. The van der Waals surface area contributed by atoms with Gasteiger partial charge in [-0.05, 0) is 0 Å². The van der Waals surface area contributed by atoms with Crippen molar-refractivity contribution in [2.24, 2.45) is 5.92 Å². The summed E-state index contributed by atoms with van der Waals surface area (Å²) in [5.74, 6) is -0.972. The van der Waals surface area contributed by atoms with E-state index in [0.29, 0.717) is 0 Å². The number of carbonyl (C=O) groups is 1. The van der Waals surface area contributed by atoms with Crippen LogP contribution in [-0.4, -0.2) is 11.1 Å². The van der Waals surface area contributed by atoms with Crippen molar-refractivity contribution >= 4 is 5.97 Å². The third-order valence-electron chi connectivity index (χ3n) is 0.494. The molecule has 0 fully saturated rings. The van der Waals surface area contributed by atoms with Crippen LogP contribution in [-0.2, 0) is 24.6 Å². The summed E-state index contributed by atoms with van der Waals surface area (Å²) in [6.07, 6.45) is 0. The van der Waals surface area contributed by atoms with Crippen molar-refractivity contribution in [1.82, 2.24) is 0 Å². The number of rotatable bonds is 1. The zero-order valence-electron chi connectivity index (χ0n) is 4.29. The number of hydrogen-bond donors (Lipinski definition) is 1. The first kappa shape index (κ1) is 10.2. The minimum atomic E-state index is -0.741. The summed E-state index contributed by atoms with van der Waals surface area (Å²) < 4.78 is 0. The third kappa shape index (κ3) is 6.11. The van der Waals surface area contributed by atoms with E-state index in [-0.39, 0.29) is 25.7 Å². The molecule has 0 aliphatic heterocycles. The van der Waals surface area contributed by atoms with E-state index in [1.165, 1.54) is 0 Å². The van der Waals surface area contributed by atoms with Gasteiger partial charge in [0, 0.05) is 19.8 Å². The van der Waals surface area contributed by atoms with Gasteiger partial charge in [0.05, 0.1) is 5.92 Å². The number of hydrogen-bond acceptors (Lipinski definition) is 1. The van der Waals surface area contributed by atoms with Crippen molar-refractivity contribution in [3.63, 3.8) is 0 Å². The van der Waals surface area contributed by atoms with Crippen LogP contribution in [0.2, 0.25) is 0 Å². The van der Waals surface area contributed by atoms with Crippen LogP contribution < -0.4 is 0 Å². The van der Waals surface area contributed by atoms with E-state index >= 15 is 0 Å². The molecule has 0 aromatic carbocycles. The fraction of sp³-hybridized carbons (Fsp3) is 0.750. The van der Waals surface area contributed by atoms with Crippen molar-refractivity contribution in [3.8, 4) is 0 Å². The van der Waals surface area contributed by atoms with E-state index in [0.717, 1.165) is 0 Å². The Balaban J connectivity index is 0. The topological polar surface area (TPSA) is 37.3 Å². The Morgan fingerprint density at radius 2 is 1.71 bits per heavy atom. The maximum absolute atomic E-state index is 9.70. The van der Waals surface area contributed by atoms with Crippen LogP contribution >= 0.6 is 0 Å². The smallest absolute Gasteiger partial charge is 0.305 e. The Labute approximate surface area is 56.0 Å². The van der Waals surface area contributed by atoms with E-state index in [2.05, 4.69) is 0 Å². The second kappa shape index (κ2) is 4.27. The quantitative estimate of drug-likeness (QED) is 0.767. The average molecular weight is 278 g/mol. The maximum Gasteiger partial charge on any atom is 0.305 e. The molecule has 0 heterocycles. The standard InChI is InChI=1S/C4H8O2.Os/c1-3(2)4(5)6;/h3H,1-2H3,(H,5,6);. The zero-order valence-corrected chi connectivity index (χ0v) is 6.83. The van der Waals surface area contributed by atoms with Gasteiger partial charge in [-0.15, -0.1) is 0 Å². The first-order valence-corrected chi connectivity index (χ1v) is 1.87. The van der Waals surface area contributed by atoms with Gasteiger partial charge >= 0.3 is 5.97 Å². The van der Waals surface area contributed by atoms with Crippen LogP contribution in [0.4, 0.5) is 0 Å². The monoisotopic (exact) mass is 280 g/mol. The van der Waals surface area contributed by atoms with Crippen molar-refractivity contribution in [2.75, 3.05) is 0 Å². The Morgan fingerprint density at radius 1 is 1.57 bits per heavy atom. The molecule has 0 saturated carbocycles. The van der Waals surface area contributed by atoms with Gasteiger partial charge < -0.3 is 5.11 Å². The third-order valence-corrected chi connectivity index (χ3v) is 0.494. The molecule has 0 aromatic rings. The molecule has 0 atom stereocenters. The second-order valence-electron chi connectivity index (χ2n) is 1.49. The van der Waals surface area contributed by atoms with Crippen LogP contribution in [0.1, 0.15) is 13.8 Å². The molecule has 0 aromatic heterocycles. The Kier molecular flexibility index (Phi) is 6.20. The van der Waals surface area contributed by atoms with E-state index in [9.17, 15) is 4.79 Å². The minimum absolute atomic E-state index is 0. The molecule has 44 valence electrons. The maximum atomic E-state index is 9.70. The summed E-state index contributed by atoms with van der Waals surface area (Å²) in [6.45, 7) is 3.28. The summed E-state index contributed by atoms with van der Waals surface area (Å²) in [5.41, 5.74) is 0. The molecule has 0 aliphatic rings. The zero-order chi connectivity index (χ0) is 5.15. The number of aliphatic carboxylic acids is 1. The fourth-order valence-corrected chi connectivity index (χ4v) is 0. The van der Waals surface area contributed by atoms with Gasteiger partial charge in [-0.3, -0.25) is 4.79 Å². The Hall–Kier alpha value is 0.106. The Bertz CT molecular complexity index is 60.7. The van der Waals surface area contributed by atoms with Gasteiger partial charge in [0.25, 0.3) is 0 Å². The molecule has 0 rings (SSSR count). The molecule has 7 heavy (non-hydrogen) atoms. The van der Waals surface area contributed by atoms with Gasteiger partial charge in [0.2, 0.25) is 0 Å². The molecule has 0 bridgehead atoms. The normalized spacial score (nSPS) is 7.86. The number of carboxylic acids is 1. The largest absolute Gasteiger partial charge is 0.481 e. The van der Waals surface area contributed by atoms with Crippen molar-refractivity contribution in [2.45, 2.75) is 13.8 Å². The molecule has 0 saturated heterocycles. The van der Waals surface area contributed by atoms with Crippen molar-refractivity contribution in [1.29, 1.82) is 0 Å².